The van der Waals surface area contributed by atoms with Gasteiger partial charge in [-0.3, -0.25) is 0 Å². The van der Waals surface area contributed by atoms with Gasteiger partial charge in [-0.1, -0.05) is 11.6 Å². The van der Waals surface area contributed by atoms with Crippen LogP contribution in [0.3, 0.4) is 0 Å². The van der Waals surface area contributed by atoms with E-state index in [4.69, 9.17) is 4.74 Å². The van der Waals surface area contributed by atoms with Crippen LogP contribution in [0.4, 0.5) is 4.79 Å². The number of hydrogen-bond donors (Lipinski definition) is 2. The summed E-state index contributed by atoms with van der Waals surface area (Å²) in [7, 11) is 1.66. The van der Waals surface area contributed by atoms with Crippen LogP contribution in [-0.2, 0) is 4.74 Å². The van der Waals surface area contributed by atoms with Crippen LogP contribution in [0.2, 0.25) is 0 Å². The van der Waals surface area contributed by atoms with Crippen molar-refractivity contribution in [3.63, 3.8) is 0 Å². The number of methoxy groups -OCH3 is 1. The van der Waals surface area contributed by atoms with Crippen molar-refractivity contribution in [3.05, 3.63) is 11.6 Å². The Labute approximate surface area is 104 Å². The standard InChI is InChI=1S/C13H24N2O2/c1-17-11-5-9-14-13(16)15-10-8-12-6-3-2-4-7-12/h6H,2-5,7-11H2,1H3,(H2,14,15,16). The third-order valence-electron chi connectivity index (χ3n) is 2.93. The van der Waals surface area contributed by atoms with E-state index in [9.17, 15) is 4.79 Å². The van der Waals surface area contributed by atoms with Gasteiger partial charge in [0.1, 0.15) is 0 Å². The molecule has 17 heavy (non-hydrogen) atoms. The van der Waals surface area contributed by atoms with Crippen molar-refractivity contribution in [2.75, 3.05) is 26.8 Å². The Morgan fingerprint density at radius 3 is 2.88 bits per heavy atom. The maximum atomic E-state index is 11.4. The topological polar surface area (TPSA) is 50.4 Å². The Morgan fingerprint density at radius 2 is 2.18 bits per heavy atom. The summed E-state index contributed by atoms with van der Waals surface area (Å²) in [5.74, 6) is 0. The molecule has 1 aliphatic rings. The van der Waals surface area contributed by atoms with E-state index in [1.165, 1.54) is 31.3 Å². The molecule has 0 spiro atoms. The molecule has 0 heterocycles. The molecule has 0 bridgehead atoms. The van der Waals surface area contributed by atoms with Crippen LogP contribution in [0, 0.1) is 0 Å². The number of amides is 2. The van der Waals surface area contributed by atoms with Gasteiger partial charge in [0.05, 0.1) is 0 Å². The predicted molar refractivity (Wildman–Crippen MR) is 69.1 cm³/mol. The summed E-state index contributed by atoms with van der Waals surface area (Å²) in [5.41, 5.74) is 1.50. The van der Waals surface area contributed by atoms with Gasteiger partial charge in [-0.25, -0.2) is 4.79 Å². The molecule has 0 radical (unpaired) electrons. The van der Waals surface area contributed by atoms with Crippen LogP contribution in [0.5, 0.6) is 0 Å². The Kier molecular flexibility index (Phi) is 7.47. The zero-order valence-corrected chi connectivity index (χ0v) is 10.8. The molecule has 1 rings (SSSR count). The Balaban J connectivity index is 1.98. The van der Waals surface area contributed by atoms with E-state index in [2.05, 4.69) is 16.7 Å². The van der Waals surface area contributed by atoms with Crippen LogP contribution in [0.1, 0.15) is 38.5 Å². The molecule has 0 saturated carbocycles. The van der Waals surface area contributed by atoms with Crippen molar-refractivity contribution in [2.24, 2.45) is 0 Å². The van der Waals surface area contributed by atoms with Crippen molar-refractivity contribution in [3.8, 4) is 0 Å². The largest absolute Gasteiger partial charge is 0.385 e. The van der Waals surface area contributed by atoms with Gasteiger partial charge < -0.3 is 15.4 Å². The molecular formula is C13H24N2O2. The molecule has 0 fully saturated rings. The number of nitrogens with one attached hydrogen (secondary N) is 2. The lowest BCUT2D eigenvalue weighted by atomic mass is 9.97. The first-order valence-electron chi connectivity index (χ1n) is 6.51. The quantitative estimate of drug-likeness (QED) is 0.529. The number of rotatable bonds is 7. The summed E-state index contributed by atoms with van der Waals surface area (Å²) in [6.45, 7) is 2.09. The predicted octanol–water partition coefficient (Wildman–Crippen LogP) is 2.21. The molecule has 4 heteroatoms. The first-order chi connectivity index (χ1) is 8.33. The van der Waals surface area contributed by atoms with E-state index in [0.717, 1.165) is 19.4 Å². The maximum Gasteiger partial charge on any atom is 0.314 e. The van der Waals surface area contributed by atoms with Crippen molar-refractivity contribution < 1.29 is 9.53 Å². The SMILES string of the molecule is COCCCNC(=O)NCCC1=CCCCC1. The minimum absolute atomic E-state index is 0.0717. The molecule has 4 nitrogen and oxygen atoms in total. The van der Waals surface area contributed by atoms with Gasteiger partial charge in [0, 0.05) is 26.8 Å². The van der Waals surface area contributed by atoms with E-state index < -0.39 is 0 Å². The zero-order valence-electron chi connectivity index (χ0n) is 10.8. The van der Waals surface area contributed by atoms with Crippen molar-refractivity contribution >= 4 is 6.03 Å². The third kappa shape index (κ3) is 7.00. The third-order valence-corrected chi connectivity index (χ3v) is 2.93. The molecule has 1 aliphatic carbocycles. The Morgan fingerprint density at radius 1 is 1.35 bits per heavy atom. The Bertz CT molecular complexity index is 252. The van der Waals surface area contributed by atoms with Gasteiger partial charge >= 0.3 is 6.03 Å². The van der Waals surface area contributed by atoms with Crippen molar-refractivity contribution in [1.29, 1.82) is 0 Å². The fraction of sp³-hybridized carbons (Fsp3) is 0.769. The molecular weight excluding hydrogens is 216 g/mol. The molecule has 0 aromatic rings. The first kappa shape index (κ1) is 14.0. The number of hydrogen-bond acceptors (Lipinski definition) is 2. The highest BCUT2D eigenvalue weighted by molar-refractivity contribution is 5.73. The van der Waals surface area contributed by atoms with E-state index in [0.29, 0.717) is 13.2 Å². The van der Waals surface area contributed by atoms with Gasteiger partial charge in [0.2, 0.25) is 0 Å². The van der Waals surface area contributed by atoms with Gasteiger partial charge in [-0.2, -0.15) is 0 Å². The molecule has 0 saturated heterocycles. The van der Waals surface area contributed by atoms with Crippen LogP contribution < -0.4 is 10.6 Å². The smallest absolute Gasteiger partial charge is 0.314 e. The molecule has 0 aromatic carbocycles. The van der Waals surface area contributed by atoms with Crippen LogP contribution in [0.15, 0.2) is 11.6 Å². The van der Waals surface area contributed by atoms with Crippen LogP contribution in [-0.4, -0.2) is 32.8 Å². The van der Waals surface area contributed by atoms with Gasteiger partial charge in [0.25, 0.3) is 0 Å². The van der Waals surface area contributed by atoms with Crippen LogP contribution >= 0.6 is 0 Å². The summed E-state index contributed by atoms with van der Waals surface area (Å²) < 4.78 is 4.90. The minimum Gasteiger partial charge on any atom is -0.385 e. The lowest BCUT2D eigenvalue weighted by Crippen LogP contribution is -2.36. The van der Waals surface area contributed by atoms with Gasteiger partial charge in [-0.05, 0) is 38.5 Å². The highest BCUT2D eigenvalue weighted by atomic mass is 16.5. The average Bonchev–Trinajstić information content (AvgIpc) is 2.36. The lowest BCUT2D eigenvalue weighted by molar-refractivity contribution is 0.193. The molecule has 0 unspecified atom stereocenters. The summed E-state index contributed by atoms with van der Waals surface area (Å²) in [6.07, 6.45) is 9.20. The van der Waals surface area contributed by atoms with Gasteiger partial charge in [0.15, 0.2) is 0 Å². The number of urea groups is 1. The maximum absolute atomic E-state index is 11.4. The van der Waals surface area contributed by atoms with E-state index in [-0.39, 0.29) is 6.03 Å². The number of ether oxygens (including phenoxy) is 1. The molecule has 2 N–H and O–H groups in total. The summed E-state index contributed by atoms with van der Waals surface area (Å²) in [4.78, 5) is 11.4. The summed E-state index contributed by atoms with van der Waals surface area (Å²) in [5, 5.41) is 5.68. The summed E-state index contributed by atoms with van der Waals surface area (Å²) >= 11 is 0. The van der Waals surface area contributed by atoms with Crippen LogP contribution in [0.25, 0.3) is 0 Å². The molecule has 2 amide bonds. The second kappa shape index (κ2) is 9.05. The highest BCUT2D eigenvalue weighted by Crippen LogP contribution is 2.19. The monoisotopic (exact) mass is 240 g/mol. The first-order valence-corrected chi connectivity index (χ1v) is 6.51. The summed E-state index contributed by atoms with van der Waals surface area (Å²) in [6, 6.07) is -0.0717. The zero-order chi connectivity index (χ0) is 12.3. The van der Waals surface area contributed by atoms with E-state index >= 15 is 0 Å². The second-order valence-corrected chi connectivity index (χ2v) is 4.39. The van der Waals surface area contributed by atoms with E-state index in [1.807, 2.05) is 0 Å². The number of carbonyl (C=O) groups excluding carboxylic acids is 1. The minimum atomic E-state index is -0.0717. The second-order valence-electron chi connectivity index (χ2n) is 4.39. The Hall–Kier alpha value is -1.03. The molecule has 0 aromatic heterocycles. The highest BCUT2D eigenvalue weighted by Gasteiger charge is 2.04. The normalized spacial score (nSPS) is 15.2. The molecule has 98 valence electrons. The molecule has 0 atom stereocenters. The van der Waals surface area contributed by atoms with Crippen molar-refractivity contribution in [2.45, 2.75) is 38.5 Å². The fourth-order valence-corrected chi connectivity index (χ4v) is 1.95. The van der Waals surface area contributed by atoms with Crippen molar-refractivity contribution in [1.82, 2.24) is 10.6 Å². The fourth-order valence-electron chi connectivity index (χ4n) is 1.95. The molecule has 0 aliphatic heterocycles. The average molecular weight is 240 g/mol. The van der Waals surface area contributed by atoms with Gasteiger partial charge in [-0.15, -0.1) is 0 Å². The lowest BCUT2D eigenvalue weighted by Gasteiger charge is -2.13. The number of allylic oxidation sites excluding steroid dienone is 1. The van der Waals surface area contributed by atoms with E-state index in [1.54, 1.807) is 7.11 Å². The number of carbonyl (C=O) groups is 1.